The summed E-state index contributed by atoms with van der Waals surface area (Å²) in [4.78, 5) is 19.0. The van der Waals surface area contributed by atoms with Gasteiger partial charge in [-0.3, -0.25) is 4.79 Å². The first-order valence-electron chi connectivity index (χ1n) is 7.74. The summed E-state index contributed by atoms with van der Waals surface area (Å²) in [6.45, 7) is 5.43. The van der Waals surface area contributed by atoms with E-state index in [1.165, 1.54) is 23.5 Å². The number of aromatic nitrogens is 3. The molecule has 0 fully saturated rings. The van der Waals surface area contributed by atoms with Crippen LogP contribution in [0.2, 0.25) is 0 Å². The molecule has 6 nitrogen and oxygen atoms in total. The van der Waals surface area contributed by atoms with Crippen molar-refractivity contribution in [2.24, 2.45) is 0 Å². The number of halogens is 1. The standard InChI is InChI=1S/C16H18FN5OS/c1-3-18-14(23)10-21(4-2)16-20-22-9-13(19-15(22)24-16)11-5-7-12(17)8-6-11/h5-9H,3-4,10H2,1-2H3,(H,18,23). The minimum absolute atomic E-state index is 0.0285. The predicted molar refractivity (Wildman–Crippen MR) is 92.8 cm³/mol. The number of carbonyl (C=O) groups is 1. The molecule has 0 aliphatic heterocycles. The quantitative estimate of drug-likeness (QED) is 0.744. The van der Waals surface area contributed by atoms with Gasteiger partial charge in [0.2, 0.25) is 16.0 Å². The van der Waals surface area contributed by atoms with E-state index in [-0.39, 0.29) is 18.3 Å². The number of hydrogen-bond acceptors (Lipinski definition) is 5. The normalized spacial score (nSPS) is 11.0. The van der Waals surface area contributed by atoms with Gasteiger partial charge in [0.05, 0.1) is 18.4 Å². The number of imidazole rings is 1. The van der Waals surface area contributed by atoms with Crippen LogP contribution in [0.5, 0.6) is 0 Å². The maximum atomic E-state index is 13.0. The molecule has 0 saturated carbocycles. The van der Waals surface area contributed by atoms with Crippen molar-refractivity contribution in [1.82, 2.24) is 19.9 Å². The largest absolute Gasteiger partial charge is 0.355 e. The van der Waals surface area contributed by atoms with Crippen LogP contribution in [0, 0.1) is 5.82 Å². The Bertz CT molecular complexity index is 810. The fraction of sp³-hybridized carbons (Fsp3) is 0.312. The molecule has 0 aliphatic rings. The van der Waals surface area contributed by atoms with Crippen LogP contribution in [-0.2, 0) is 4.79 Å². The molecule has 0 radical (unpaired) electrons. The second kappa shape index (κ2) is 6.96. The lowest BCUT2D eigenvalue weighted by Crippen LogP contribution is -2.37. The van der Waals surface area contributed by atoms with Crippen LogP contribution in [0.25, 0.3) is 16.2 Å². The number of nitrogens with zero attached hydrogens (tertiary/aromatic N) is 4. The van der Waals surface area contributed by atoms with Gasteiger partial charge in [-0.2, -0.15) is 0 Å². The number of likely N-dealkylation sites (N-methyl/N-ethyl adjacent to an activating group) is 2. The number of rotatable bonds is 6. The average molecular weight is 347 g/mol. The van der Waals surface area contributed by atoms with E-state index in [1.807, 2.05) is 24.9 Å². The molecule has 2 aromatic heterocycles. The van der Waals surface area contributed by atoms with Crippen LogP contribution in [0.4, 0.5) is 9.52 Å². The molecule has 0 bridgehead atoms. The third-order valence-electron chi connectivity index (χ3n) is 3.53. The zero-order valence-electron chi connectivity index (χ0n) is 13.5. The highest BCUT2D eigenvalue weighted by atomic mass is 32.1. The lowest BCUT2D eigenvalue weighted by atomic mass is 10.2. The molecule has 0 saturated heterocycles. The van der Waals surface area contributed by atoms with Crippen molar-refractivity contribution in [2.75, 3.05) is 24.5 Å². The predicted octanol–water partition coefficient (Wildman–Crippen LogP) is 2.56. The van der Waals surface area contributed by atoms with E-state index in [4.69, 9.17) is 0 Å². The number of nitrogens with one attached hydrogen (secondary N) is 1. The Balaban J connectivity index is 1.83. The maximum Gasteiger partial charge on any atom is 0.239 e. The summed E-state index contributed by atoms with van der Waals surface area (Å²) in [7, 11) is 0. The van der Waals surface area contributed by atoms with E-state index in [0.717, 1.165) is 21.3 Å². The van der Waals surface area contributed by atoms with Gasteiger partial charge in [0.15, 0.2) is 0 Å². The van der Waals surface area contributed by atoms with Crippen LogP contribution in [0.15, 0.2) is 30.5 Å². The molecule has 3 aromatic rings. The van der Waals surface area contributed by atoms with Gasteiger partial charge in [-0.15, -0.1) is 5.10 Å². The van der Waals surface area contributed by atoms with E-state index in [0.29, 0.717) is 13.1 Å². The lowest BCUT2D eigenvalue weighted by molar-refractivity contribution is -0.119. The molecule has 126 valence electrons. The Morgan fingerprint density at radius 3 is 2.71 bits per heavy atom. The second-order valence-corrected chi connectivity index (χ2v) is 6.15. The van der Waals surface area contributed by atoms with Crippen molar-refractivity contribution in [2.45, 2.75) is 13.8 Å². The van der Waals surface area contributed by atoms with Gasteiger partial charge in [-0.25, -0.2) is 13.9 Å². The first-order chi connectivity index (χ1) is 11.6. The van der Waals surface area contributed by atoms with Gasteiger partial charge >= 0.3 is 0 Å². The van der Waals surface area contributed by atoms with Crippen LogP contribution in [-0.4, -0.2) is 40.1 Å². The van der Waals surface area contributed by atoms with E-state index < -0.39 is 0 Å². The Kier molecular flexibility index (Phi) is 4.75. The van der Waals surface area contributed by atoms with Gasteiger partial charge in [0, 0.05) is 18.7 Å². The Morgan fingerprint density at radius 1 is 1.33 bits per heavy atom. The number of anilines is 1. The molecule has 3 rings (SSSR count). The van der Waals surface area contributed by atoms with E-state index in [2.05, 4.69) is 15.4 Å². The van der Waals surface area contributed by atoms with E-state index in [9.17, 15) is 9.18 Å². The van der Waals surface area contributed by atoms with Crippen LogP contribution in [0.1, 0.15) is 13.8 Å². The molecular formula is C16H18FN5OS. The number of hydrogen-bond donors (Lipinski definition) is 1. The molecule has 8 heteroatoms. The maximum absolute atomic E-state index is 13.0. The van der Waals surface area contributed by atoms with Crippen molar-refractivity contribution in [3.8, 4) is 11.3 Å². The minimum atomic E-state index is -0.274. The van der Waals surface area contributed by atoms with Crippen LogP contribution >= 0.6 is 11.3 Å². The minimum Gasteiger partial charge on any atom is -0.355 e. The summed E-state index contributed by atoms with van der Waals surface area (Å²) in [5.41, 5.74) is 1.58. The fourth-order valence-electron chi connectivity index (χ4n) is 2.32. The molecule has 2 heterocycles. The Labute approximate surface area is 142 Å². The second-order valence-electron chi connectivity index (χ2n) is 5.21. The summed E-state index contributed by atoms with van der Waals surface area (Å²) < 4.78 is 14.7. The molecule has 24 heavy (non-hydrogen) atoms. The van der Waals surface area contributed by atoms with Gasteiger partial charge < -0.3 is 10.2 Å². The first kappa shape index (κ1) is 16.4. The van der Waals surface area contributed by atoms with E-state index in [1.54, 1.807) is 16.6 Å². The number of fused-ring (bicyclic) bond motifs is 1. The fourth-order valence-corrected chi connectivity index (χ4v) is 3.26. The molecular weight excluding hydrogens is 329 g/mol. The van der Waals surface area contributed by atoms with Crippen LogP contribution in [0.3, 0.4) is 0 Å². The summed E-state index contributed by atoms with van der Waals surface area (Å²) in [6, 6.07) is 6.20. The SMILES string of the molecule is CCNC(=O)CN(CC)c1nn2cc(-c3ccc(F)cc3)nc2s1. The molecule has 1 aromatic carbocycles. The third-order valence-corrected chi connectivity index (χ3v) is 4.52. The molecule has 0 atom stereocenters. The summed E-state index contributed by atoms with van der Waals surface area (Å²) >= 11 is 1.42. The molecule has 1 amide bonds. The third kappa shape index (κ3) is 3.38. The number of benzene rings is 1. The number of amides is 1. The van der Waals surface area contributed by atoms with Gasteiger partial charge in [-0.1, -0.05) is 11.3 Å². The highest BCUT2D eigenvalue weighted by Gasteiger charge is 2.16. The van der Waals surface area contributed by atoms with Gasteiger partial charge in [0.1, 0.15) is 5.82 Å². The van der Waals surface area contributed by atoms with Crippen molar-refractivity contribution in [1.29, 1.82) is 0 Å². The van der Waals surface area contributed by atoms with E-state index >= 15 is 0 Å². The Morgan fingerprint density at radius 2 is 2.08 bits per heavy atom. The first-order valence-corrected chi connectivity index (χ1v) is 8.56. The summed E-state index contributed by atoms with van der Waals surface area (Å²) in [5.74, 6) is -0.302. The highest BCUT2D eigenvalue weighted by Crippen LogP contribution is 2.26. The van der Waals surface area contributed by atoms with Crippen molar-refractivity contribution in [3.63, 3.8) is 0 Å². The van der Waals surface area contributed by atoms with Gasteiger partial charge in [-0.05, 0) is 38.1 Å². The monoisotopic (exact) mass is 347 g/mol. The number of carbonyl (C=O) groups excluding carboxylic acids is 1. The van der Waals surface area contributed by atoms with Crippen LogP contribution < -0.4 is 10.2 Å². The molecule has 0 aliphatic carbocycles. The molecule has 0 spiro atoms. The van der Waals surface area contributed by atoms with Crippen molar-refractivity contribution in [3.05, 3.63) is 36.3 Å². The zero-order chi connectivity index (χ0) is 17.1. The van der Waals surface area contributed by atoms with Gasteiger partial charge in [0.25, 0.3) is 0 Å². The van der Waals surface area contributed by atoms with Crippen molar-refractivity contribution < 1.29 is 9.18 Å². The molecule has 0 unspecified atom stereocenters. The zero-order valence-corrected chi connectivity index (χ0v) is 14.3. The smallest absolute Gasteiger partial charge is 0.239 e. The summed E-state index contributed by atoms with van der Waals surface area (Å²) in [5, 5.41) is 8.04. The highest BCUT2D eigenvalue weighted by molar-refractivity contribution is 7.20. The molecule has 1 N–H and O–H groups in total. The van der Waals surface area contributed by atoms with Crippen molar-refractivity contribution >= 4 is 27.3 Å². The Hall–Kier alpha value is -2.48. The topological polar surface area (TPSA) is 62.5 Å². The lowest BCUT2D eigenvalue weighted by Gasteiger charge is -2.18. The summed E-state index contributed by atoms with van der Waals surface area (Å²) in [6.07, 6.45) is 1.81. The average Bonchev–Trinajstić information content (AvgIpc) is 3.12.